The van der Waals surface area contributed by atoms with E-state index in [0.29, 0.717) is 10.2 Å². The van der Waals surface area contributed by atoms with E-state index >= 15 is 0 Å². The van der Waals surface area contributed by atoms with Crippen LogP contribution in [0.3, 0.4) is 0 Å². The van der Waals surface area contributed by atoms with Crippen molar-refractivity contribution >= 4 is 27.5 Å². The molecule has 2 aromatic heterocycles. The fourth-order valence-electron chi connectivity index (χ4n) is 1.93. The number of rotatable bonds is 4. The molecule has 114 valence electrons. The highest BCUT2D eigenvalue weighted by Crippen LogP contribution is 2.28. The van der Waals surface area contributed by atoms with Gasteiger partial charge in [-0.1, -0.05) is 27.7 Å². The molecule has 0 radical (unpaired) electrons. The van der Waals surface area contributed by atoms with Crippen LogP contribution in [0.2, 0.25) is 0 Å². The smallest absolute Gasteiger partial charge is 0.327 e. The van der Waals surface area contributed by atoms with Crippen molar-refractivity contribution in [2.24, 2.45) is 0 Å². The third kappa shape index (κ3) is 2.97. The van der Waals surface area contributed by atoms with Gasteiger partial charge >= 0.3 is 5.97 Å². The van der Waals surface area contributed by atoms with Crippen molar-refractivity contribution in [1.82, 2.24) is 14.8 Å². The lowest BCUT2D eigenvalue weighted by Gasteiger charge is -2.09. The molecular formula is C14H19N3O3S. The minimum absolute atomic E-state index is 0.110. The van der Waals surface area contributed by atoms with Crippen LogP contribution in [-0.4, -0.2) is 27.8 Å². The van der Waals surface area contributed by atoms with E-state index in [1.165, 1.54) is 23.1 Å². The second kappa shape index (κ2) is 5.93. The van der Waals surface area contributed by atoms with Crippen LogP contribution >= 0.6 is 11.3 Å². The summed E-state index contributed by atoms with van der Waals surface area (Å²) in [5.74, 6) is -0.137. The fraction of sp³-hybridized carbons (Fsp3) is 0.571. The molecule has 0 aliphatic rings. The molecule has 0 bridgehead atoms. The molecule has 0 atom stereocenters. The van der Waals surface area contributed by atoms with Gasteiger partial charge in [0.05, 0.1) is 17.8 Å². The average molecular weight is 309 g/mol. The van der Waals surface area contributed by atoms with Crippen molar-refractivity contribution in [2.75, 3.05) is 7.11 Å². The van der Waals surface area contributed by atoms with Gasteiger partial charge in [0, 0.05) is 5.92 Å². The van der Waals surface area contributed by atoms with Crippen LogP contribution in [0.5, 0.6) is 0 Å². The van der Waals surface area contributed by atoms with Crippen LogP contribution in [0.1, 0.15) is 50.2 Å². The third-order valence-electron chi connectivity index (χ3n) is 3.09. The standard InChI is InChI=1S/C14H19N3O3S/c1-7(2)10-11-12(21-13(15-11)8(3)4)14(19)17(16-10)6-9(18)20-5/h7-8H,6H2,1-5H3. The molecule has 0 unspecified atom stereocenters. The SMILES string of the molecule is COC(=O)Cn1nc(C(C)C)c2nc(C(C)C)sc2c1=O. The van der Waals surface area contributed by atoms with Gasteiger partial charge < -0.3 is 4.74 Å². The van der Waals surface area contributed by atoms with Gasteiger partial charge in [-0.2, -0.15) is 5.10 Å². The number of ether oxygens (including phenoxy) is 1. The van der Waals surface area contributed by atoms with E-state index in [9.17, 15) is 9.59 Å². The summed E-state index contributed by atoms with van der Waals surface area (Å²) in [5.41, 5.74) is 1.10. The molecule has 21 heavy (non-hydrogen) atoms. The number of aromatic nitrogens is 3. The van der Waals surface area contributed by atoms with Crippen LogP contribution in [0, 0.1) is 0 Å². The van der Waals surface area contributed by atoms with Crippen LogP contribution in [0.15, 0.2) is 4.79 Å². The van der Waals surface area contributed by atoms with E-state index in [4.69, 9.17) is 0 Å². The van der Waals surface area contributed by atoms with Crippen molar-refractivity contribution in [3.05, 3.63) is 21.1 Å². The Balaban J connectivity index is 2.70. The minimum Gasteiger partial charge on any atom is -0.468 e. The second-order valence-electron chi connectivity index (χ2n) is 5.46. The molecule has 2 heterocycles. The molecule has 7 heteroatoms. The number of fused-ring (bicyclic) bond motifs is 1. The van der Waals surface area contributed by atoms with Crippen molar-refractivity contribution in [3.63, 3.8) is 0 Å². The predicted molar refractivity (Wildman–Crippen MR) is 81.9 cm³/mol. The Labute approximate surface area is 126 Å². The number of esters is 1. The fourth-order valence-corrected chi connectivity index (χ4v) is 2.95. The molecule has 6 nitrogen and oxygen atoms in total. The Kier molecular flexibility index (Phi) is 4.41. The molecule has 0 spiro atoms. The number of hydrogen-bond donors (Lipinski definition) is 0. The monoisotopic (exact) mass is 309 g/mol. The van der Waals surface area contributed by atoms with Crippen molar-refractivity contribution in [2.45, 2.75) is 46.1 Å². The largest absolute Gasteiger partial charge is 0.468 e. The molecule has 0 aliphatic carbocycles. The maximum absolute atomic E-state index is 12.5. The topological polar surface area (TPSA) is 74.1 Å². The summed E-state index contributed by atoms with van der Waals surface area (Å²) in [6, 6.07) is 0. The van der Waals surface area contributed by atoms with Crippen molar-refractivity contribution in [1.29, 1.82) is 0 Å². The number of carbonyl (C=O) groups excluding carboxylic acids is 1. The van der Waals surface area contributed by atoms with Crippen LogP contribution < -0.4 is 5.56 Å². The van der Waals surface area contributed by atoms with Crippen LogP contribution in [-0.2, 0) is 16.1 Å². The lowest BCUT2D eigenvalue weighted by molar-refractivity contribution is -0.141. The third-order valence-corrected chi connectivity index (χ3v) is 4.43. The summed E-state index contributed by atoms with van der Waals surface area (Å²) in [5, 5.41) is 5.21. The zero-order chi connectivity index (χ0) is 15.7. The van der Waals surface area contributed by atoms with Gasteiger partial charge in [-0.3, -0.25) is 9.59 Å². The molecule has 0 aliphatic heterocycles. The predicted octanol–water partition coefficient (Wildman–Crippen LogP) is 2.27. The number of methoxy groups -OCH3 is 1. The summed E-state index contributed by atoms with van der Waals surface area (Å²) in [4.78, 5) is 28.4. The lowest BCUT2D eigenvalue weighted by atomic mass is 10.1. The van der Waals surface area contributed by atoms with E-state index < -0.39 is 5.97 Å². The van der Waals surface area contributed by atoms with E-state index in [-0.39, 0.29) is 23.9 Å². The van der Waals surface area contributed by atoms with Crippen molar-refractivity contribution < 1.29 is 9.53 Å². The quantitative estimate of drug-likeness (QED) is 0.810. The zero-order valence-electron chi connectivity index (χ0n) is 12.8. The maximum atomic E-state index is 12.5. The highest BCUT2D eigenvalue weighted by molar-refractivity contribution is 7.18. The number of nitrogens with zero attached hydrogens (tertiary/aromatic N) is 3. The first-order valence-electron chi connectivity index (χ1n) is 6.83. The van der Waals surface area contributed by atoms with Gasteiger partial charge in [-0.25, -0.2) is 9.67 Å². The molecule has 0 N–H and O–H groups in total. The summed E-state index contributed by atoms with van der Waals surface area (Å²) >= 11 is 1.38. The number of thiazole rings is 1. The summed E-state index contributed by atoms with van der Waals surface area (Å²) < 4.78 is 6.34. The molecule has 0 fully saturated rings. The van der Waals surface area contributed by atoms with Gasteiger partial charge in [-0.05, 0) is 5.92 Å². The summed E-state index contributed by atoms with van der Waals surface area (Å²) in [6.07, 6.45) is 0. The van der Waals surface area contributed by atoms with Gasteiger partial charge in [0.1, 0.15) is 16.8 Å². The Hall–Kier alpha value is -1.76. The normalized spacial score (nSPS) is 11.6. The molecular weight excluding hydrogens is 290 g/mol. The highest BCUT2D eigenvalue weighted by atomic mass is 32.1. The Bertz CT molecular complexity index is 731. The maximum Gasteiger partial charge on any atom is 0.327 e. The molecule has 0 saturated heterocycles. The molecule has 2 rings (SSSR count). The average Bonchev–Trinajstić information content (AvgIpc) is 2.86. The first-order valence-corrected chi connectivity index (χ1v) is 7.65. The Morgan fingerprint density at radius 2 is 1.95 bits per heavy atom. The van der Waals surface area contributed by atoms with Gasteiger partial charge in [0.25, 0.3) is 5.56 Å². The van der Waals surface area contributed by atoms with E-state index in [1.54, 1.807) is 0 Å². The minimum atomic E-state index is -0.493. The Morgan fingerprint density at radius 3 is 2.48 bits per heavy atom. The van der Waals surface area contributed by atoms with E-state index in [2.05, 4.69) is 14.8 Å². The second-order valence-corrected chi connectivity index (χ2v) is 6.49. The van der Waals surface area contributed by atoms with Crippen molar-refractivity contribution in [3.8, 4) is 0 Å². The first-order chi connectivity index (χ1) is 9.85. The number of hydrogen-bond acceptors (Lipinski definition) is 6. The summed E-state index contributed by atoms with van der Waals surface area (Å²) in [7, 11) is 1.29. The van der Waals surface area contributed by atoms with Gasteiger partial charge in [0.2, 0.25) is 0 Å². The lowest BCUT2D eigenvalue weighted by Crippen LogP contribution is -2.28. The molecule has 0 aromatic carbocycles. The highest BCUT2D eigenvalue weighted by Gasteiger charge is 2.20. The number of carbonyl (C=O) groups is 1. The summed E-state index contributed by atoms with van der Waals surface area (Å²) in [6.45, 7) is 7.87. The first kappa shape index (κ1) is 15.6. The van der Waals surface area contributed by atoms with Gasteiger partial charge in [-0.15, -0.1) is 11.3 Å². The zero-order valence-corrected chi connectivity index (χ0v) is 13.7. The van der Waals surface area contributed by atoms with Crippen LogP contribution in [0.25, 0.3) is 10.2 Å². The van der Waals surface area contributed by atoms with Gasteiger partial charge in [0.15, 0.2) is 0 Å². The Morgan fingerprint density at radius 1 is 1.29 bits per heavy atom. The molecule has 2 aromatic rings. The molecule has 0 amide bonds. The van der Waals surface area contributed by atoms with E-state index in [1.807, 2.05) is 27.7 Å². The molecule has 0 saturated carbocycles. The van der Waals surface area contributed by atoms with Crippen LogP contribution in [0.4, 0.5) is 0 Å². The van der Waals surface area contributed by atoms with E-state index in [0.717, 1.165) is 10.7 Å².